The highest BCUT2D eigenvalue weighted by Gasteiger charge is 2.28. The number of halogens is 1. The Labute approximate surface area is 108 Å². The zero-order chi connectivity index (χ0) is 14.0. The molecule has 19 heavy (non-hydrogen) atoms. The molecular weight excluding hydrogens is 255 g/mol. The summed E-state index contributed by atoms with van der Waals surface area (Å²) in [6, 6.07) is 3.10. The molecule has 1 aliphatic rings. The molecule has 1 atom stereocenters. The van der Waals surface area contributed by atoms with Gasteiger partial charge in [0.15, 0.2) is 0 Å². The summed E-state index contributed by atoms with van der Waals surface area (Å²) < 4.78 is 13.4. The van der Waals surface area contributed by atoms with E-state index in [1.807, 2.05) is 0 Å². The molecule has 1 aromatic rings. The number of hydrogen-bond acceptors (Lipinski definition) is 4. The average Bonchev–Trinajstić information content (AvgIpc) is 2.75. The molecule has 7 heteroatoms. The number of hydrogen-bond donors (Lipinski definition) is 1. The van der Waals surface area contributed by atoms with Gasteiger partial charge in [0.2, 0.25) is 0 Å². The summed E-state index contributed by atoms with van der Waals surface area (Å²) in [6.07, 6.45) is 1.43. The Morgan fingerprint density at radius 2 is 2.26 bits per heavy atom. The number of carboxylic acids is 1. The first-order chi connectivity index (χ1) is 8.97. The Morgan fingerprint density at radius 3 is 2.89 bits per heavy atom. The average molecular weight is 268 g/mol. The van der Waals surface area contributed by atoms with Crippen molar-refractivity contribution >= 4 is 17.3 Å². The maximum atomic E-state index is 13.4. The number of carboxylic acid groups (broad SMARTS) is 1. The van der Waals surface area contributed by atoms with Gasteiger partial charge in [-0.15, -0.1) is 0 Å². The lowest BCUT2D eigenvalue weighted by Gasteiger charge is -2.25. The lowest BCUT2D eigenvalue weighted by Crippen LogP contribution is -2.31. The van der Waals surface area contributed by atoms with Crippen LogP contribution < -0.4 is 4.90 Å². The third kappa shape index (κ3) is 2.98. The number of non-ortho nitro benzene ring substituents is 1. The Balaban J connectivity index is 2.29. The molecule has 0 bridgehead atoms. The Bertz CT molecular complexity index is 520. The molecule has 1 fully saturated rings. The summed E-state index contributed by atoms with van der Waals surface area (Å²) in [7, 11) is 0. The van der Waals surface area contributed by atoms with Crippen LogP contribution in [0, 0.1) is 15.9 Å². The minimum Gasteiger partial charge on any atom is -0.481 e. The first-order valence-corrected chi connectivity index (χ1v) is 5.91. The van der Waals surface area contributed by atoms with Gasteiger partial charge in [0.25, 0.3) is 5.69 Å². The SMILES string of the molecule is O=C(O)CC1CCCN1c1cc(F)cc([N+](=O)[O-])c1. The molecule has 2 rings (SSSR count). The van der Waals surface area contributed by atoms with Gasteiger partial charge in [0, 0.05) is 24.3 Å². The highest BCUT2D eigenvalue weighted by atomic mass is 19.1. The van der Waals surface area contributed by atoms with Gasteiger partial charge in [0.05, 0.1) is 17.4 Å². The monoisotopic (exact) mass is 268 g/mol. The first-order valence-electron chi connectivity index (χ1n) is 5.91. The summed E-state index contributed by atoms with van der Waals surface area (Å²) in [5, 5.41) is 19.5. The van der Waals surface area contributed by atoms with E-state index in [9.17, 15) is 19.3 Å². The van der Waals surface area contributed by atoms with Crippen molar-refractivity contribution in [2.24, 2.45) is 0 Å². The van der Waals surface area contributed by atoms with Crippen LogP contribution in [0.15, 0.2) is 18.2 Å². The second-order valence-electron chi connectivity index (χ2n) is 4.51. The minimum atomic E-state index is -0.928. The maximum absolute atomic E-state index is 13.4. The molecule has 1 aliphatic heterocycles. The maximum Gasteiger partial charge on any atom is 0.305 e. The molecule has 0 amide bonds. The highest BCUT2D eigenvalue weighted by Crippen LogP contribution is 2.30. The van der Waals surface area contributed by atoms with Crippen molar-refractivity contribution in [2.75, 3.05) is 11.4 Å². The fourth-order valence-corrected chi connectivity index (χ4v) is 2.42. The van der Waals surface area contributed by atoms with Gasteiger partial charge >= 0.3 is 5.97 Å². The predicted molar refractivity (Wildman–Crippen MR) is 65.7 cm³/mol. The predicted octanol–water partition coefficient (Wildman–Crippen LogP) is 2.18. The van der Waals surface area contributed by atoms with E-state index < -0.39 is 16.7 Å². The van der Waals surface area contributed by atoms with Crippen molar-refractivity contribution in [3.8, 4) is 0 Å². The van der Waals surface area contributed by atoms with Gasteiger partial charge in [-0.3, -0.25) is 14.9 Å². The normalized spacial score (nSPS) is 18.6. The Hall–Kier alpha value is -2.18. The summed E-state index contributed by atoms with van der Waals surface area (Å²) >= 11 is 0. The molecular formula is C12H13FN2O4. The Morgan fingerprint density at radius 1 is 1.53 bits per heavy atom. The summed E-state index contributed by atoms with van der Waals surface area (Å²) in [5.74, 6) is -1.62. The van der Waals surface area contributed by atoms with Crippen molar-refractivity contribution in [3.63, 3.8) is 0 Å². The molecule has 6 nitrogen and oxygen atoms in total. The number of nitro benzene ring substituents is 1. The van der Waals surface area contributed by atoms with E-state index >= 15 is 0 Å². The van der Waals surface area contributed by atoms with Crippen LogP contribution in [-0.4, -0.2) is 28.6 Å². The van der Waals surface area contributed by atoms with Gasteiger partial charge in [-0.25, -0.2) is 4.39 Å². The smallest absolute Gasteiger partial charge is 0.305 e. The number of rotatable bonds is 4. The van der Waals surface area contributed by atoms with Gasteiger partial charge in [-0.05, 0) is 18.9 Å². The number of aliphatic carboxylic acids is 1. The van der Waals surface area contributed by atoms with Gasteiger partial charge in [0.1, 0.15) is 5.82 Å². The lowest BCUT2D eigenvalue weighted by atomic mass is 10.1. The number of carbonyl (C=O) groups is 1. The van der Waals surface area contributed by atoms with Crippen molar-refractivity contribution < 1.29 is 19.2 Å². The van der Waals surface area contributed by atoms with Crippen molar-refractivity contribution in [1.29, 1.82) is 0 Å². The van der Waals surface area contributed by atoms with Crippen LogP contribution in [0.3, 0.4) is 0 Å². The second kappa shape index (κ2) is 5.21. The largest absolute Gasteiger partial charge is 0.481 e. The molecule has 1 heterocycles. The van der Waals surface area contributed by atoms with E-state index in [0.717, 1.165) is 12.5 Å². The fraction of sp³-hybridized carbons (Fsp3) is 0.417. The van der Waals surface area contributed by atoms with Crippen molar-refractivity contribution in [1.82, 2.24) is 0 Å². The number of anilines is 1. The lowest BCUT2D eigenvalue weighted by molar-refractivity contribution is -0.385. The van der Waals surface area contributed by atoms with Crippen LogP contribution in [0.4, 0.5) is 15.8 Å². The summed E-state index contributed by atoms with van der Waals surface area (Å²) in [4.78, 5) is 22.5. The van der Waals surface area contributed by atoms with E-state index in [1.165, 1.54) is 12.1 Å². The zero-order valence-corrected chi connectivity index (χ0v) is 10.1. The topological polar surface area (TPSA) is 83.7 Å². The zero-order valence-electron chi connectivity index (χ0n) is 10.1. The van der Waals surface area contributed by atoms with Gasteiger partial charge in [-0.2, -0.15) is 0 Å². The first kappa shape index (κ1) is 13.3. The molecule has 1 saturated heterocycles. The number of benzene rings is 1. The van der Waals surface area contributed by atoms with Crippen molar-refractivity contribution in [2.45, 2.75) is 25.3 Å². The molecule has 0 aliphatic carbocycles. The van der Waals surface area contributed by atoms with E-state index in [1.54, 1.807) is 4.90 Å². The molecule has 102 valence electrons. The molecule has 1 N–H and O–H groups in total. The Kier molecular flexibility index (Phi) is 3.64. The highest BCUT2D eigenvalue weighted by molar-refractivity contribution is 5.69. The molecule has 0 spiro atoms. The van der Waals surface area contributed by atoms with Gasteiger partial charge in [-0.1, -0.05) is 0 Å². The van der Waals surface area contributed by atoms with Crippen LogP contribution in [0.1, 0.15) is 19.3 Å². The summed E-state index contributed by atoms with van der Waals surface area (Å²) in [5.41, 5.74) is 0.0476. The van der Waals surface area contributed by atoms with Crippen molar-refractivity contribution in [3.05, 3.63) is 34.1 Å². The third-order valence-corrected chi connectivity index (χ3v) is 3.20. The number of nitro groups is 1. The van der Waals surface area contributed by atoms with E-state index in [-0.39, 0.29) is 18.2 Å². The summed E-state index contributed by atoms with van der Waals surface area (Å²) in [6.45, 7) is 0.582. The quantitative estimate of drug-likeness (QED) is 0.668. The third-order valence-electron chi connectivity index (χ3n) is 3.20. The van der Waals surface area contributed by atoms with Crippen LogP contribution in [0.5, 0.6) is 0 Å². The van der Waals surface area contributed by atoms with Crippen LogP contribution in [0.25, 0.3) is 0 Å². The van der Waals surface area contributed by atoms with Crippen LogP contribution in [-0.2, 0) is 4.79 Å². The molecule has 1 unspecified atom stereocenters. The van der Waals surface area contributed by atoms with E-state index in [0.29, 0.717) is 18.7 Å². The van der Waals surface area contributed by atoms with E-state index in [2.05, 4.69) is 0 Å². The fourth-order valence-electron chi connectivity index (χ4n) is 2.42. The molecule has 0 aromatic heterocycles. The second-order valence-corrected chi connectivity index (χ2v) is 4.51. The molecule has 1 aromatic carbocycles. The van der Waals surface area contributed by atoms with Crippen LogP contribution >= 0.6 is 0 Å². The minimum absolute atomic E-state index is 0.0513. The van der Waals surface area contributed by atoms with Crippen LogP contribution in [0.2, 0.25) is 0 Å². The molecule has 0 radical (unpaired) electrons. The molecule has 0 saturated carbocycles. The van der Waals surface area contributed by atoms with E-state index in [4.69, 9.17) is 5.11 Å². The van der Waals surface area contributed by atoms with Gasteiger partial charge < -0.3 is 10.0 Å². The number of nitrogens with zero attached hydrogens (tertiary/aromatic N) is 2. The standard InChI is InChI=1S/C12H13FN2O4/c13-8-4-10(6-11(5-8)15(18)19)14-3-1-2-9(14)7-12(16)17/h4-6,9H,1-3,7H2,(H,16,17).